The van der Waals surface area contributed by atoms with Crippen LogP contribution in [0.25, 0.3) is 0 Å². The third-order valence-corrected chi connectivity index (χ3v) is 10.8. The molecule has 2 aliphatic carbocycles. The van der Waals surface area contributed by atoms with Crippen molar-refractivity contribution in [1.82, 2.24) is 39.7 Å². The fraction of sp³-hybridized carbons (Fsp3) is 0.412. The average Bonchev–Trinajstić information content (AvgIpc) is 3.60. The number of nitrogens with two attached hydrogens (primary N) is 1. The minimum Gasteiger partial charge on any atom is -0.491 e. The summed E-state index contributed by atoms with van der Waals surface area (Å²) < 4.78 is 13.5. The molecule has 2 fully saturated rings. The second-order valence-electron chi connectivity index (χ2n) is 12.9. The molecule has 4 aromatic heterocycles. The number of nitrogen functional groups attached to an aromatic ring is 1. The molecule has 53 heavy (non-hydrogen) atoms. The van der Waals surface area contributed by atoms with Gasteiger partial charge in [0.25, 0.3) is 22.9 Å². The molecule has 0 bridgehead atoms. The number of hydrogen-bond donors (Lipinski definition) is 4. The van der Waals surface area contributed by atoms with Crippen molar-refractivity contribution >= 4 is 68.3 Å². The SMILES string of the molecule is COc1cncnc1N.COc1cncnc1Nc1cc(Cl)c2n(c1=O)C1(CCCCC1)NC2=O.O=C1NC2(CCCCC2)n2c1c(Cl)cc(Br)c2=O. The van der Waals surface area contributed by atoms with Crippen molar-refractivity contribution in [3.63, 3.8) is 0 Å². The van der Waals surface area contributed by atoms with Gasteiger partial charge in [-0.25, -0.2) is 19.9 Å². The largest absolute Gasteiger partial charge is 0.491 e. The Labute approximate surface area is 322 Å². The van der Waals surface area contributed by atoms with Gasteiger partial charge in [-0.3, -0.25) is 28.3 Å². The van der Waals surface area contributed by atoms with Crippen LogP contribution in [-0.4, -0.2) is 55.1 Å². The van der Waals surface area contributed by atoms with Gasteiger partial charge < -0.3 is 31.2 Å². The van der Waals surface area contributed by atoms with Gasteiger partial charge >= 0.3 is 0 Å². The maximum atomic E-state index is 13.2. The molecular formula is C34H37BrCl2N10O6. The number of rotatable bonds is 4. The number of fused-ring (bicyclic) bond motifs is 4. The van der Waals surface area contributed by atoms with Crippen LogP contribution in [0.15, 0.2) is 51.2 Å². The number of aromatic nitrogens is 6. The number of hydrogen-bond acceptors (Lipinski definition) is 12. The van der Waals surface area contributed by atoms with Crippen LogP contribution in [-0.2, 0) is 11.3 Å². The number of amides is 2. The summed E-state index contributed by atoms with van der Waals surface area (Å²) in [5.41, 5.74) is 4.35. The van der Waals surface area contributed by atoms with Gasteiger partial charge in [0.05, 0.1) is 41.1 Å². The number of ether oxygens (including phenoxy) is 2. The predicted molar refractivity (Wildman–Crippen MR) is 201 cm³/mol. The van der Waals surface area contributed by atoms with Gasteiger partial charge in [0.15, 0.2) is 23.1 Å². The molecule has 2 aliphatic heterocycles. The highest BCUT2D eigenvalue weighted by molar-refractivity contribution is 9.10. The smallest absolute Gasteiger partial charge is 0.276 e. The molecule has 0 unspecified atom stereocenters. The molecule has 8 rings (SSSR count). The molecule has 2 amide bonds. The lowest BCUT2D eigenvalue weighted by molar-refractivity contribution is 0.0867. The molecule has 0 radical (unpaired) electrons. The molecular weight excluding hydrogens is 795 g/mol. The van der Waals surface area contributed by atoms with Gasteiger partial charge in [-0.05, 0) is 79.4 Å². The lowest BCUT2D eigenvalue weighted by Crippen LogP contribution is -2.48. The number of carbonyl (C=O) groups is 2. The molecule has 0 atom stereocenters. The van der Waals surface area contributed by atoms with Crippen molar-refractivity contribution in [3.8, 4) is 11.5 Å². The minimum atomic E-state index is -0.696. The normalized spacial score (nSPS) is 17.3. The van der Waals surface area contributed by atoms with Crippen molar-refractivity contribution in [1.29, 1.82) is 0 Å². The van der Waals surface area contributed by atoms with E-state index in [0.29, 0.717) is 51.2 Å². The Morgan fingerprint density at radius 3 is 1.75 bits per heavy atom. The zero-order chi connectivity index (χ0) is 37.9. The number of nitrogens with one attached hydrogen (secondary N) is 3. The van der Waals surface area contributed by atoms with Crippen molar-refractivity contribution in [3.05, 3.63) is 83.8 Å². The molecule has 19 heteroatoms. The topological polar surface area (TPSA) is 210 Å². The summed E-state index contributed by atoms with van der Waals surface area (Å²) in [5.74, 6) is 1.08. The Kier molecular flexibility index (Phi) is 11.3. The molecule has 6 heterocycles. The van der Waals surface area contributed by atoms with Crippen LogP contribution in [0.3, 0.4) is 0 Å². The van der Waals surface area contributed by atoms with E-state index in [1.54, 1.807) is 4.57 Å². The maximum absolute atomic E-state index is 13.2. The third kappa shape index (κ3) is 7.29. The van der Waals surface area contributed by atoms with E-state index in [1.165, 1.54) is 56.0 Å². The Balaban J connectivity index is 0.000000153. The van der Waals surface area contributed by atoms with Crippen molar-refractivity contribution in [2.45, 2.75) is 75.5 Å². The quantitative estimate of drug-likeness (QED) is 0.212. The Morgan fingerprint density at radius 1 is 0.755 bits per heavy atom. The molecule has 4 aliphatic rings. The monoisotopic (exact) mass is 830 g/mol. The Hall–Kier alpha value is -4.74. The average molecular weight is 833 g/mol. The standard InChI is InChI=1S/C17H18ClN5O3.C12H12BrClN2O2.C5H7N3O/c1-26-12-8-19-9-20-14(12)21-11-7-10(18)13-15(24)22-17(23(13)16(11)25)5-3-2-4-6-17;13-7-6-8(14)9-10(17)15-12(16(9)11(7)18)4-2-1-3-5-12;1-9-4-2-7-3-8-5(4)6/h7-9H,2-6H2,1H3,(H,22,24)(H,19,20,21);6H,1-5H2,(H,15,17);2-3H,1H3,(H2,6,7,8). The molecule has 5 N–H and O–H groups in total. The zero-order valence-electron chi connectivity index (χ0n) is 28.9. The van der Waals surface area contributed by atoms with Crippen LogP contribution in [0.4, 0.5) is 17.3 Å². The summed E-state index contributed by atoms with van der Waals surface area (Å²) in [5, 5.41) is 9.46. The zero-order valence-corrected chi connectivity index (χ0v) is 32.0. The summed E-state index contributed by atoms with van der Waals surface area (Å²) in [6.07, 6.45) is 14.9. The van der Waals surface area contributed by atoms with Crippen molar-refractivity contribution in [2.75, 3.05) is 25.3 Å². The molecule has 2 saturated carbocycles. The van der Waals surface area contributed by atoms with E-state index in [4.69, 9.17) is 38.4 Å². The van der Waals surface area contributed by atoms with Crippen molar-refractivity contribution < 1.29 is 19.1 Å². The summed E-state index contributed by atoms with van der Waals surface area (Å²) in [4.78, 5) is 65.4. The van der Waals surface area contributed by atoms with E-state index in [9.17, 15) is 19.2 Å². The summed E-state index contributed by atoms with van der Waals surface area (Å²) in [6, 6.07) is 2.95. The van der Waals surface area contributed by atoms with Crippen LogP contribution in [0, 0.1) is 0 Å². The first-order valence-electron chi connectivity index (χ1n) is 16.9. The van der Waals surface area contributed by atoms with E-state index in [-0.39, 0.29) is 39.3 Å². The highest BCUT2D eigenvalue weighted by atomic mass is 79.9. The lowest BCUT2D eigenvalue weighted by Gasteiger charge is -2.35. The van der Waals surface area contributed by atoms with E-state index in [0.717, 1.165) is 51.4 Å². The highest BCUT2D eigenvalue weighted by Gasteiger charge is 2.46. The second kappa shape index (κ2) is 15.7. The first-order chi connectivity index (χ1) is 25.4. The van der Waals surface area contributed by atoms with Gasteiger partial charge in [0.1, 0.15) is 41.1 Å². The molecule has 0 saturated heterocycles. The number of anilines is 3. The Bertz CT molecular complexity index is 2170. The van der Waals surface area contributed by atoms with Crippen LogP contribution < -0.4 is 42.3 Å². The van der Waals surface area contributed by atoms with Crippen LogP contribution in [0.1, 0.15) is 85.2 Å². The van der Waals surface area contributed by atoms with Gasteiger partial charge in [0, 0.05) is 0 Å². The highest BCUT2D eigenvalue weighted by Crippen LogP contribution is 2.40. The summed E-state index contributed by atoms with van der Waals surface area (Å²) in [6.45, 7) is 0. The van der Waals surface area contributed by atoms with Gasteiger partial charge in [-0.15, -0.1) is 0 Å². The predicted octanol–water partition coefficient (Wildman–Crippen LogP) is 5.10. The first kappa shape index (κ1) is 38.0. The van der Waals surface area contributed by atoms with Crippen LogP contribution in [0.5, 0.6) is 11.5 Å². The molecule has 0 aromatic carbocycles. The maximum Gasteiger partial charge on any atom is 0.276 e. The molecule has 16 nitrogen and oxygen atoms in total. The molecule has 280 valence electrons. The number of pyridine rings is 2. The number of halogens is 3. The Morgan fingerprint density at radius 2 is 1.25 bits per heavy atom. The summed E-state index contributed by atoms with van der Waals surface area (Å²) in [7, 11) is 3.01. The van der Waals surface area contributed by atoms with E-state index < -0.39 is 11.3 Å². The van der Waals surface area contributed by atoms with Gasteiger partial charge in [0.2, 0.25) is 0 Å². The summed E-state index contributed by atoms with van der Waals surface area (Å²) >= 11 is 15.7. The van der Waals surface area contributed by atoms with E-state index in [2.05, 4.69) is 51.8 Å². The number of methoxy groups -OCH3 is 2. The first-order valence-corrected chi connectivity index (χ1v) is 18.4. The lowest BCUT2D eigenvalue weighted by atomic mass is 9.89. The van der Waals surface area contributed by atoms with E-state index >= 15 is 0 Å². The van der Waals surface area contributed by atoms with Crippen LogP contribution in [0.2, 0.25) is 10.0 Å². The second-order valence-corrected chi connectivity index (χ2v) is 14.5. The van der Waals surface area contributed by atoms with Crippen molar-refractivity contribution in [2.24, 2.45) is 0 Å². The van der Waals surface area contributed by atoms with E-state index in [1.807, 2.05) is 0 Å². The van der Waals surface area contributed by atoms with Gasteiger partial charge in [-0.1, -0.05) is 36.0 Å². The van der Waals surface area contributed by atoms with Crippen LogP contribution >= 0.6 is 39.1 Å². The minimum absolute atomic E-state index is 0.186. The fourth-order valence-corrected chi connectivity index (χ4v) is 8.36. The number of nitrogens with zero attached hydrogens (tertiary/aromatic N) is 6. The van der Waals surface area contributed by atoms with Gasteiger partial charge in [-0.2, -0.15) is 0 Å². The number of carbonyl (C=O) groups excluding carboxylic acids is 2. The third-order valence-electron chi connectivity index (χ3n) is 9.68. The fourth-order valence-electron chi connectivity index (χ4n) is 7.26. The molecule has 2 spiro atoms. The molecule has 4 aromatic rings.